The summed E-state index contributed by atoms with van der Waals surface area (Å²) in [5.74, 6) is 0.525. The minimum Gasteiger partial charge on any atom is -0.354 e. The Morgan fingerprint density at radius 2 is 2.11 bits per heavy atom. The van der Waals surface area contributed by atoms with Crippen molar-refractivity contribution in [3.63, 3.8) is 0 Å². The average Bonchev–Trinajstić information content (AvgIpc) is 2.45. The summed E-state index contributed by atoms with van der Waals surface area (Å²) in [5.41, 5.74) is 0.471. The van der Waals surface area contributed by atoms with Gasteiger partial charge in [-0.2, -0.15) is 0 Å². The van der Waals surface area contributed by atoms with Gasteiger partial charge in [0.05, 0.1) is 0 Å². The fourth-order valence-corrected chi connectivity index (χ4v) is 1.97. The van der Waals surface area contributed by atoms with Gasteiger partial charge < -0.3 is 15.1 Å². The minimum atomic E-state index is -0.00458. The zero-order valence-electron chi connectivity index (χ0n) is 11.6. The summed E-state index contributed by atoms with van der Waals surface area (Å²) in [6, 6.07) is 1.68. The lowest BCUT2D eigenvalue weighted by atomic mass is 10.3. The molecule has 1 aliphatic rings. The summed E-state index contributed by atoms with van der Waals surface area (Å²) >= 11 is 0. The first-order valence-corrected chi connectivity index (χ1v) is 6.75. The van der Waals surface area contributed by atoms with Crippen molar-refractivity contribution in [1.82, 2.24) is 19.8 Å². The van der Waals surface area contributed by atoms with Gasteiger partial charge in [-0.1, -0.05) is 6.92 Å². The van der Waals surface area contributed by atoms with E-state index in [1.54, 1.807) is 12.3 Å². The number of nitrogens with one attached hydrogen (secondary N) is 1. The lowest BCUT2D eigenvalue weighted by Gasteiger charge is -2.32. The van der Waals surface area contributed by atoms with E-state index in [4.69, 9.17) is 0 Å². The summed E-state index contributed by atoms with van der Waals surface area (Å²) < 4.78 is 0. The number of carbonyl (C=O) groups is 1. The van der Waals surface area contributed by atoms with Crippen LogP contribution in [0.1, 0.15) is 23.8 Å². The Bertz CT molecular complexity index is 429. The molecule has 2 rings (SSSR count). The standard InChI is InChI=1S/C13H21N5O/c1-3-5-14-13-15-6-4-11(16-13)12(19)18-9-7-17(2)8-10-18/h4,6H,3,5,7-10H2,1-2H3,(H,14,15,16). The molecule has 1 saturated heterocycles. The van der Waals surface area contributed by atoms with Gasteiger partial charge in [-0.25, -0.2) is 9.97 Å². The molecular formula is C13H21N5O. The molecule has 0 spiro atoms. The second-order valence-electron chi connectivity index (χ2n) is 4.79. The number of piperazine rings is 1. The quantitative estimate of drug-likeness (QED) is 0.866. The van der Waals surface area contributed by atoms with E-state index < -0.39 is 0 Å². The van der Waals surface area contributed by atoms with Crippen molar-refractivity contribution in [2.24, 2.45) is 0 Å². The van der Waals surface area contributed by atoms with Gasteiger partial charge in [0.15, 0.2) is 0 Å². The highest BCUT2D eigenvalue weighted by molar-refractivity contribution is 5.92. The van der Waals surface area contributed by atoms with Crippen molar-refractivity contribution in [2.45, 2.75) is 13.3 Å². The maximum Gasteiger partial charge on any atom is 0.272 e. The molecule has 1 amide bonds. The highest BCUT2D eigenvalue weighted by atomic mass is 16.2. The highest BCUT2D eigenvalue weighted by Gasteiger charge is 2.21. The van der Waals surface area contributed by atoms with Crippen molar-refractivity contribution >= 4 is 11.9 Å². The third-order valence-corrected chi connectivity index (χ3v) is 3.20. The van der Waals surface area contributed by atoms with Gasteiger partial charge in [-0.15, -0.1) is 0 Å². The molecule has 1 aliphatic heterocycles. The van der Waals surface area contributed by atoms with Crippen LogP contribution < -0.4 is 5.32 Å². The van der Waals surface area contributed by atoms with Gasteiger partial charge >= 0.3 is 0 Å². The molecule has 1 fully saturated rings. The molecule has 0 saturated carbocycles. The van der Waals surface area contributed by atoms with Crippen molar-refractivity contribution < 1.29 is 4.79 Å². The van der Waals surface area contributed by atoms with Crippen LogP contribution in [0.2, 0.25) is 0 Å². The van der Waals surface area contributed by atoms with Crippen LogP contribution >= 0.6 is 0 Å². The van der Waals surface area contributed by atoms with E-state index in [9.17, 15) is 4.79 Å². The van der Waals surface area contributed by atoms with Crippen LogP contribution in [-0.4, -0.2) is 65.4 Å². The Kier molecular flexibility index (Phi) is 4.68. The molecule has 0 unspecified atom stereocenters. The molecule has 1 aromatic heterocycles. The molecule has 104 valence electrons. The lowest BCUT2D eigenvalue weighted by Crippen LogP contribution is -2.47. The summed E-state index contributed by atoms with van der Waals surface area (Å²) in [6.07, 6.45) is 2.63. The first-order chi connectivity index (χ1) is 9.20. The monoisotopic (exact) mass is 263 g/mol. The fourth-order valence-electron chi connectivity index (χ4n) is 1.97. The van der Waals surface area contributed by atoms with Gasteiger partial charge in [-0.3, -0.25) is 4.79 Å². The maximum absolute atomic E-state index is 12.3. The molecule has 19 heavy (non-hydrogen) atoms. The number of amides is 1. The first-order valence-electron chi connectivity index (χ1n) is 6.75. The molecular weight excluding hydrogens is 242 g/mol. The smallest absolute Gasteiger partial charge is 0.272 e. The molecule has 0 atom stereocenters. The van der Waals surface area contributed by atoms with Crippen molar-refractivity contribution in [3.05, 3.63) is 18.0 Å². The zero-order chi connectivity index (χ0) is 13.7. The summed E-state index contributed by atoms with van der Waals surface area (Å²) in [5, 5.41) is 3.10. The molecule has 1 aromatic rings. The van der Waals surface area contributed by atoms with Gasteiger partial charge in [0.2, 0.25) is 5.95 Å². The Morgan fingerprint density at radius 1 is 1.37 bits per heavy atom. The molecule has 6 nitrogen and oxygen atoms in total. The van der Waals surface area contributed by atoms with Crippen LogP contribution in [0.3, 0.4) is 0 Å². The number of aromatic nitrogens is 2. The number of carbonyl (C=O) groups excluding carboxylic acids is 1. The number of anilines is 1. The van der Waals surface area contributed by atoms with Crippen LogP contribution in [0.5, 0.6) is 0 Å². The second kappa shape index (κ2) is 6.47. The van der Waals surface area contributed by atoms with Crippen molar-refractivity contribution in [2.75, 3.05) is 45.1 Å². The molecule has 1 N–H and O–H groups in total. The zero-order valence-corrected chi connectivity index (χ0v) is 11.6. The van der Waals surface area contributed by atoms with E-state index in [-0.39, 0.29) is 5.91 Å². The highest BCUT2D eigenvalue weighted by Crippen LogP contribution is 2.07. The van der Waals surface area contributed by atoms with E-state index >= 15 is 0 Å². The Balaban J connectivity index is 2.02. The van der Waals surface area contributed by atoms with E-state index in [2.05, 4.69) is 34.2 Å². The van der Waals surface area contributed by atoms with Gasteiger partial charge in [0.1, 0.15) is 5.69 Å². The molecule has 0 radical (unpaired) electrons. The van der Waals surface area contributed by atoms with Gasteiger partial charge in [0, 0.05) is 38.9 Å². The second-order valence-corrected chi connectivity index (χ2v) is 4.79. The van der Waals surface area contributed by atoms with Crippen LogP contribution in [0.25, 0.3) is 0 Å². The number of rotatable bonds is 4. The third-order valence-electron chi connectivity index (χ3n) is 3.20. The number of hydrogen-bond acceptors (Lipinski definition) is 5. The Labute approximate surface area is 113 Å². The SMILES string of the molecule is CCCNc1nccc(C(=O)N2CCN(C)CC2)n1. The van der Waals surface area contributed by atoms with Crippen molar-refractivity contribution in [3.8, 4) is 0 Å². The first kappa shape index (κ1) is 13.7. The predicted molar refractivity (Wildman–Crippen MR) is 74.2 cm³/mol. The molecule has 0 aromatic carbocycles. The molecule has 0 bridgehead atoms. The van der Waals surface area contributed by atoms with Crippen LogP contribution in [0.4, 0.5) is 5.95 Å². The third kappa shape index (κ3) is 3.64. The van der Waals surface area contributed by atoms with Crippen LogP contribution in [0, 0.1) is 0 Å². The fraction of sp³-hybridized carbons (Fsp3) is 0.615. The number of likely N-dealkylation sites (N-methyl/N-ethyl adjacent to an activating group) is 1. The van der Waals surface area contributed by atoms with Crippen LogP contribution in [-0.2, 0) is 0 Å². The number of nitrogens with zero attached hydrogens (tertiary/aromatic N) is 4. The molecule has 6 heteroatoms. The predicted octanol–water partition coefficient (Wildman–Crippen LogP) is 0.686. The normalized spacial score (nSPS) is 16.4. The minimum absolute atomic E-state index is 0.00458. The topological polar surface area (TPSA) is 61.4 Å². The lowest BCUT2D eigenvalue weighted by molar-refractivity contribution is 0.0658. The molecule has 0 aliphatic carbocycles. The summed E-state index contributed by atoms with van der Waals surface area (Å²) in [4.78, 5) is 24.8. The maximum atomic E-state index is 12.3. The summed E-state index contributed by atoms with van der Waals surface area (Å²) in [7, 11) is 2.07. The number of hydrogen-bond donors (Lipinski definition) is 1. The van der Waals surface area contributed by atoms with E-state index in [0.29, 0.717) is 11.6 Å². The largest absolute Gasteiger partial charge is 0.354 e. The Morgan fingerprint density at radius 3 is 2.79 bits per heavy atom. The summed E-state index contributed by atoms with van der Waals surface area (Å²) in [6.45, 7) is 6.24. The van der Waals surface area contributed by atoms with Crippen LogP contribution in [0.15, 0.2) is 12.3 Å². The Hall–Kier alpha value is -1.69. The van der Waals surface area contributed by atoms with Gasteiger partial charge in [-0.05, 0) is 19.5 Å². The van der Waals surface area contributed by atoms with E-state index in [1.165, 1.54) is 0 Å². The van der Waals surface area contributed by atoms with Crippen molar-refractivity contribution in [1.29, 1.82) is 0 Å². The average molecular weight is 263 g/mol. The van der Waals surface area contributed by atoms with E-state index in [1.807, 2.05) is 4.90 Å². The van der Waals surface area contributed by atoms with E-state index in [0.717, 1.165) is 39.1 Å². The molecule has 2 heterocycles. The van der Waals surface area contributed by atoms with Gasteiger partial charge in [0.25, 0.3) is 5.91 Å².